The smallest absolute Gasteiger partial charge is 0.243 e. The zero-order valence-electron chi connectivity index (χ0n) is 19.5. The van der Waals surface area contributed by atoms with Gasteiger partial charge in [-0.1, -0.05) is 6.07 Å². The Bertz CT molecular complexity index is 656. The number of amides is 1. The maximum Gasteiger partial charge on any atom is 0.243 e. The van der Waals surface area contributed by atoms with E-state index < -0.39 is 0 Å². The number of aliphatic imine (C=N–C) groups is 1. The lowest BCUT2D eigenvalue weighted by Gasteiger charge is -2.14. The predicted molar refractivity (Wildman–Crippen MR) is 136 cm³/mol. The lowest BCUT2D eigenvalue weighted by Crippen LogP contribution is -2.39. The number of carbonyl (C=O) groups excluding carboxylic acids is 1. The van der Waals surface area contributed by atoms with Crippen molar-refractivity contribution in [3.05, 3.63) is 23.8 Å². The average Bonchev–Trinajstić information content (AvgIpc) is 2.74. The average molecular weight is 550 g/mol. The molecule has 0 aliphatic carbocycles. The van der Waals surface area contributed by atoms with Crippen LogP contribution in [0.1, 0.15) is 32.3 Å². The Kier molecular flexibility index (Phi) is 16.9. The van der Waals surface area contributed by atoms with Gasteiger partial charge in [0.1, 0.15) is 6.54 Å². The van der Waals surface area contributed by atoms with Crippen molar-refractivity contribution in [2.24, 2.45) is 4.99 Å². The monoisotopic (exact) mass is 550 g/mol. The molecule has 1 aromatic rings. The summed E-state index contributed by atoms with van der Waals surface area (Å²) in [6.07, 6.45) is 2.69. The summed E-state index contributed by atoms with van der Waals surface area (Å²) in [5.41, 5.74) is 1.19. The zero-order valence-corrected chi connectivity index (χ0v) is 21.9. The van der Waals surface area contributed by atoms with Crippen molar-refractivity contribution in [3.63, 3.8) is 0 Å². The molecule has 0 aliphatic rings. The molecule has 0 saturated heterocycles. The van der Waals surface area contributed by atoms with Crippen LogP contribution < -0.4 is 20.1 Å². The first kappa shape index (κ1) is 29.2. The highest BCUT2D eigenvalue weighted by molar-refractivity contribution is 14.0. The molecular formula is C22H39IN4O4. The van der Waals surface area contributed by atoms with E-state index in [1.807, 2.05) is 26.0 Å². The fraction of sp³-hybridized carbons (Fsp3) is 0.636. The summed E-state index contributed by atoms with van der Waals surface area (Å²) in [4.78, 5) is 17.8. The Hall–Kier alpha value is -1.75. The maximum absolute atomic E-state index is 11.8. The predicted octanol–water partition coefficient (Wildman–Crippen LogP) is 2.69. The molecule has 0 aromatic heterocycles. The molecule has 0 saturated carbocycles. The van der Waals surface area contributed by atoms with Crippen LogP contribution in [0.2, 0.25) is 0 Å². The Balaban J connectivity index is 0.00000900. The summed E-state index contributed by atoms with van der Waals surface area (Å²) < 4.78 is 16.3. The second-order valence-electron chi connectivity index (χ2n) is 6.88. The van der Waals surface area contributed by atoms with Gasteiger partial charge in [0, 0.05) is 40.4 Å². The number of halogens is 1. The van der Waals surface area contributed by atoms with Crippen molar-refractivity contribution in [2.75, 3.05) is 60.7 Å². The molecule has 0 unspecified atom stereocenters. The number of nitrogens with one attached hydrogen (secondary N) is 2. The maximum atomic E-state index is 11.8. The lowest BCUT2D eigenvalue weighted by atomic mass is 10.1. The van der Waals surface area contributed by atoms with Gasteiger partial charge in [0.15, 0.2) is 17.5 Å². The van der Waals surface area contributed by atoms with Gasteiger partial charge in [-0.3, -0.25) is 4.79 Å². The summed E-state index contributed by atoms with van der Waals surface area (Å²) in [5.74, 6) is 2.12. The van der Waals surface area contributed by atoms with Crippen LogP contribution in [0.25, 0.3) is 0 Å². The third-order valence-electron chi connectivity index (χ3n) is 4.30. The minimum absolute atomic E-state index is 0. The summed E-state index contributed by atoms with van der Waals surface area (Å²) in [5, 5.41) is 6.57. The Morgan fingerprint density at radius 1 is 1.06 bits per heavy atom. The number of aryl methyl sites for hydroxylation is 1. The fourth-order valence-electron chi connectivity index (χ4n) is 2.63. The van der Waals surface area contributed by atoms with Crippen LogP contribution >= 0.6 is 24.0 Å². The summed E-state index contributed by atoms with van der Waals surface area (Å²) in [6.45, 7) is 7.54. The van der Waals surface area contributed by atoms with Crippen LogP contribution in [-0.2, 0) is 16.0 Å². The molecule has 0 spiro atoms. The number of nitrogens with zero attached hydrogens (tertiary/aromatic N) is 2. The van der Waals surface area contributed by atoms with Gasteiger partial charge in [0.2, 0.25) is 5.91 Å². The van der Waals surface area contributed by atoms with Crippen molar-refractivity contribution in [1.29, 1.82) is 0 Å². The molecular weight excluding hydrogens is 511 g/mol. The normalized spacial score (nSPS) is 10.8. The van der Waals surface area contributed by atoms with E-state index in [1.54, 1.807) is 21.2 Å². The van der Waals surface area contributed by atoms with E-state index in [-0.39, 0.29) is 36.4 Å². The molecule has 0 aliphatic heterocycles. The molecule has 8 nitrogen and oxygen atoms in total. The highest BCUT2D eigenvalue weighted by Crippen LogP contribution is 2.28. The summed E-state index contributed by atoms with van der Waals surface area (Å²) in [7, 11) is 5.10. The molecule has 9 heteroatoms. The van der Waals surface area contributed by atoms with Gasteiger partial charge in [0.05, 0.1) is 13.7 Å². The summed E-state index contributed by atoms with van der Waals surface area (Å²) in [6, 6.07) is 6.02. The largest absolute Gasteiger partial charge is 0.493 e. The van der Waals surface area contributed by atoms with E-state index in [9.17, 15) is 4.79 Å². The number of ether oxygens (including phenoxy) is 3. The number of carbonyl (C=O) groups is 1. The zero-order chi connectivity index (χ0) is 22.2. The van der Waals surface area contributed by atoms with E-state index in [0.717, 1.165) is 43.9 Å². The molecule has 1 aromatic carbocycles. The van der Waals surface area contributed by atoms with Crippen LogP contribution in [0.15, 0.2) is 23.2 Å². The number of benzene rings is 1. The third kappa shape index (κ3) is 12.6. The van der Waals surface area contributed by atoms with Crippen LogP contribution in [0.4, 0.5) is 0 Å². The fourth-order valence-corrected chi connectivity index (χ4v) is 2.63. The standard InChI is InChI=1S/C22H38N4O4.HI/c1-6-29-15-9-14-24-22(25-17-21(27)26(3)4)23-13-8-10-18-11-12-19(28-5)20(16-18)30-7-2;/h11-12,16H,6-10,13-15,17H2,1-5H3,(H2,23,24,25);1H. The molecule has 0 bridgehead atoms. The van der Waals surface area contributed by atoms with E-state index in [1.165, 1.54) is 10.5 Å². The van der Waals surface area contributed by atoms with Crippen LogP contribution in [-0.4, -0.2) is 77.4 Å². The van der Waals surface area contributed by atoms with E-state index in [2.05, 4.69) is 21.7 Å². The van der Waals surface area contributed by atoms with E-state index in [4.69, 9.17) is 14.2 Å². The van der Waals surface area contributed by atoms with Crippen molar-refractivity contribution in [3.8, 4) is 11.5 Å². The van der Waals surface area contributed by atoms with Crippen LogP contribution in [0.3, 0.4) is 0 Å². The molecule has 0 radical (unpaired) electrons. The molecule has 1 amide bonds. The molecule has 2 N–H and O–H groups in total. The van der Waals surface area contributed by atoms with Crippen molar-refractivity contribution in [2.45, 2.75) is 33.1 Å². The number of likely N-dealkylation sites (N-methyl/N-ethyl adjacent to an activating group) is 1. The first-order valence-electron chi connectivity index (χ1n) is 10.6. The van der Waals surface area contributed by atoms with E-state index in [0.29, 0.717) is 25.8 Å². The van der Waals surface area contributed by atoms with Gasteiger partial charge in [-0.2, -0.15) is 0 Å². The quantitative estimate of drug-likeness (QED) is 0.161. The molecule has 0 atom stereocenters. The van der Waals surface area contributed by atoms with Gasteiger partial charge < -0.3 is 29.7 Å². The molecule has 31 heavy (non-hydrogen) atoms. The number of hydrogen-bond acceptors (Lipinski definition) is 5. The third-order valence-corrected chi connectivity index (χ3v) is 4.30. The Morgan fingerprint density at radius 2 is 1.77 bits per heavy atom. The first-order chi connectivity index (χ1) is 14.5. The Morgan fingerprint density at radius 3 is 2.39 bits per heavy atom. The number of guanidine groups is 1. The SMILES string of the molecule is CCOCCCNC(=NCC(=O)N(C)C)NCCCc1ccc(OC)c(OCC)c1.I. The topological polar surface area (TPSA) is 84.4 Å². The van der Waals surface area contributed by atoms with Gasteiger partial charge >= 0.3 is 0 Å². The van der Waals surface area contributed by atoms with Crippen molar-refractivity contribution < 1.29 is 19.0 Å². The van der Waals surface area contributed by atoms with Gasteiger partial charge in [0.25, 0.3) is 0 Å². The number of rotatable bonds is 14. The van der Waals surface area contributed by atoms with E-state index >= 15 is 0 Å². The molecule has 1 rings (SSSR count). The lowest BCUT2D eigenvalue weighted by molar-refractivity contribution is -0.127. The second-order valence-corrected chi connectivity index (χ2v) is 6.88. The molecule has 0 fully saturated rings. The number of hydrogen-bond donors (Lipinski definition) is 2. The highest BCUT2D eigenvalue weighted by Gasteiger charge is 2.07. The number of methoxy groups -OCH3 is 1. The first-order valence-corrected chi connectivity index (χ1v) is 10.6. The van der Waals surface area contributed by atoms with Crippen molar-refractivity contribution in [1.82, 2.24) is 15.5 Å². The minimum Gasteiger partial charge on any atom is -0.493 e. The van der Waals surface area contributed by atoms with Crippen molar-refractivity contribution >= 4 is 35.8 Å². The van der Waals surface area contributed by atoms with Gasteiger partial charge in [-0.05, 0) is 50.8 Å². The minimum atomic E-state index is -0.0351. The molecule has 178 valence electrons. The second kappa shape index (κ2) is 17.9. The molecule has 0 heterocycles. The highest BCUT2D eigenvalue weighted by atomic mass is 127. The van der Waals surface area contributed by atoms with Crippen LogP contribution in [0.5, 0.6) is 11.5 Å². The summed E-state index contributed by atoms with van der Waals surface area (Å²) >= 11 is 0. The Labute approximate surface area is 204 Å². The van der Waals surface area contributed by atoms with Gasteiger partial charge in [-0.15, -0.1) is 24.0 Å². The van der Waals surface area contributed by atoms with Crippen LogP contribution in [0, 0.1) is 0 Å². The van der Waals surface area contributed by atoms with Gasteiger partial charge in [-0.25, -0.2) is 4.99 Å².